The Labute approximate surface area is 114 Å². The fraction of sp³-hybridized carbons (Fsp3) is 0.643. The topological polar surface area (TPSA) is 75.1 Å². The SMILES string of the molecule is CC(C)CCCC(C)NCc1ncncc1C(=O)O. The van der Waals surface area contributed by atoms with E-state index < -0.39 is 5.97 Å². The number of nitrogens with one attached hydrogen (secondary N) is 1. The molecule has 19 heavy (non-hydrogen) atoms. The number of nitrogens with zero attached hydrogens (tertiary/aromatic N) is 2. The van der Waals surface area contributed by atoms with Gasteiger partial charge in [-0.1, -0.05) is 26.7 Å². The van der Waals surface area contributed by atoms with Crippen molar-refractivity contribution in [1.82, 2.24) is 15.3 Å². The van der Waals surface area contributed by atoms with Crippen LogP contribution in [0.25, 0.3) is 0 Å². The maximum Gasteiger partial charge on any atom is 0.339 e. The molecule has 1 atom stereocenters. The van der Waals surface area contributed by atoms with Crippen molar-refractivity contribution in [2.24, 2.45) is 5.92 Å². The van der Waals surface area contributed by atoms with Gasteiger partial charge in [0.2, 0.25) is 0 Å². The maximum atomic E-state index is 11.0. The molecule has 0 radical (unpaired) electrons. The van der Waals surface area contributed by atoms with Gasteiger partial charge in [-0.2, -0.15) is 0 Å². The lowest BCUT2D eigenvalue weighted by molar-refractivity contribution is 0.0694. The Morgan fingerprint density at radius 1 is 1.37 bits per heavy atom. The lowest BCUT2D eigenvalue weighted by Gasteiger charge is -2.14. The highest BCUT2D eigenvalue weighted by molar-refractivity contribution is 5.88. The highest BCUT2D eigenvalue weighted by atomic mass is 16.4. The van der Waals surface area contributed by atoms with Crippen LogP contribution in [0.1, 0.15) is 56.1 Å². The summed E-state index contributed by atoms with van der Waals surface area (Å²) < 4.78 is 0. The third-order valence-electron chi connectivity index (χ3n) is 3.06. The molecule has 5 heteroatoms. The second-order valence-electron chi connectivity index (χ2n) is 5.29. The van der Waals surface area contributed by atoms with E-state index in [-0.39, 0.29) is 5.56 Å². The van der Waals surface area contributed by atoms with Crippen LogP contribution in [-0.2, 0) is 6.54 Å². The van der Waals surface area contributed by atoms with Crippen molar-refractivity contribution in [3.63, 3.8) is 0 Å². The molecule has 1 rings (SSSR count). The Balaban J connectivity index is 2.42. The molecule has 0 amide bonds. The van der Waals surface area contributed by atoms with Gasteiger partial charge in [-0.05, 0) is 19.3 Å². The lowest BCUT2D eigenvalue weighted by atomic mass is 10.0. The average molecular weight is 265 g/mol. The van der Waals surface area contributed by atoms with E-state index in [0.29, 0.717) is 18.3 Å². The minimum absolute atomic E-state index is 0.171. The Morgan fingerprint density at radius 2 is 2.11 bits per heavy atom. The normalized spacial score (nSPS) is 12.6. The average Bonchev–Trinajstić information content (AvgIpc) is 2.36. The molecule has 0 spiro atoms. The number of carbonyl (C=O) groups is 1. The number of rotatable bonds is 8. The number of aromatic carboxylic acids is 1. The number of carboxylic acid groups (broad SMARTS) is 1. The van der Waals surface area contributed by atoms with Gasteiger partial charge in [0.05, 0.1) is 5.69 Å². The first-order valence-corrected chi connectivity index (χ1v) is 6.76. The number of aromatic nitrogens is 2. The van der Waals surface area contributed by atoms with Crippen molar-refractivity contribution >= 4 is 5.97 Å². The Kier molecular flexibility index (Phi) is 6.42. The summed E-state index contributed by atoms with van der Waals surface area (Å²) in [6.07, 6.45) is 6.22. The highest BCUT2D eigenvalue weighted by Gasteiger charge is 2.12. The van der Waals surface area contributed by atoms with E-state index in [1.54, 1.807) is 0 Å². The zero-order chi connectivity index (χ0) is 14.3. The molecule has 0 aliphatic rings. The molecule has 0 fully saturated rings. The maximum absolute atomic E-state index is 11.0. The van der Waals surface area contributed by atoms with E-state index in [1.807, 2.05) is 0 Å². The molecular formula is C14H23N3O2. The summed E-state index contributed by atoms with van der Waals surface area (Å²) in [7, 11) is 0. The van der Waals surface area contributed by atoms with E-state index in [9.17, 15) is 4.79 Å². The predicted octanol–water partition coefficient (Wildman–Crippen LogP) is 2.48. The van der Waals surface area contributed by atoms with Gasteiger partial charge in [0.15, 0.2) is 0 Å². The largest absolute Gasteiger partial charge is 0.478 e. The first-order chi connectivity index (χ1) is 9.00. The minimum atomic E-state index is -0.982. The summed E-state index contributed by atoms with van der Waals surface area (Å²) in [5.74, 6) is -0.252. The Hall–Kier alpha value is -1.49. The molecule has 106 valence electrons. The van der Waals surface area contributed by atoms with Crippen molar-refractivity contribution in [2.75, 3.05) is 0 Å². The molecule has 2 N–H and O–H groups in total. The molecule has 1 aromatic rings. The predicted molar refractivity (Wildman–Crippen MR) is 74.0 cm³/mol. The summed E-state index contributed by atoms with van der Waals surface area (Å²) >= 11 is 0. The number of hydrogen-bond donors (Lipinski definition) is 2. The molecule has 0 saturated carbocycles. The smallest absolute Gasteiger partial charge is 0.339 e. The number of hydrogen-bond acceptors (Lipinski definition) is 4. The Bertz CT molecular complexity index is 407. The van der Waals surface area contributed by atoms with Crippen molar-refractivity contribution < 1.29 is 9.90 Å². The molecule has 0 bridgehead atoms. The molecule has 1 aromatic heterocycles. The molecule has 0 aliphatic carbocycles. The van der Waals surface area contributed by atoms with Crippen LogP contribution in [0.5, 0.6) is 0 Å². The fourth-order valence-electron chi connectivity index (χ4n) is 1.88. The summed E-state index contributed by atoms with van der Waals surface area (Å²) in [5.41, 5.74) is 0.711. The monoisotopic (exact) mass is 265 g/mol. The van der Waals surface area contributed by atoms with Crippen LogP contribution in [0, 0.1) is 5.92 Å². The second kappa shape index (κ2) is 7.84. The van der Waals surface area contributed by atoms with Crippen LogP contribution in [0.2, 0.25) is 0 Å². The molecule has 5 nitrogen and oxygen atoms in total. The van der Waals surface area contributed by atoms with Gasteiger partial charge in [0.1, 0.15) is 11.9 Å². The summed E-state index contributed by atoms with van der Waals surface area (Å²) in [4.78, 5) is 18.8. The third kappa shape index (κ3) is 5.79. The van der Waals surface area contributed by atoms with E-state index in [0.717, 1.165) is 12.3 Å². The molecule has 0 aliphatic heterocycles. The van der Waals surface area contributed by atoms with Crippen LogP contribution < -0.4 is 5.32 Å². The first-order valence-electron chi connectivity index (χ1n) is 6.76. The third-order valence-corrected chi connectivity index (χ3v) is 3.06. The molecule has 0 saturated heterocycles. The molecule has 0 aromatic carbocycles. The molecule has 1 heterocycles. The fourth-order valence-corrected chi connectivity index (χ4v) is 1.88. The second-order valence-corrected chi connectivity index (χ2v) is 5.29. The van der Waals surface area contributed by atoms with Crippen LogP contribution in [-0.4, -0.2) is 27.1 Å². The van der Waals surface area contributed by atoms with Crippen molar-refractivity contribution in [1.29, 1.82) is 0 Å². The first kappa shape index (κ1) is 15.6. The zero-order valence-corrected chi connectivity index (χ0v) is 11.9. The minimum Gasteiger partial charge on any atom is -0.478 e. The quantitative estimate of drug-likeness (QED) is 0.755. The van der Waals surface area contributed by atoms with E-state index >= 15 is 0 Å². The lowest BCUT2D eigenvalue weighted by Crippen LogP contribution is -2.27. The van der Waals surface area contributed by atoms with Crippen molar-refractivity contribution in [3.8, 4) is 0 Å². The van der Waals surface area contributed by atoms with Crippen LogP contribution in [0.4, 0.5) is 0 Å². The van der Waals surface area contributed by atoms with E-state index in [4.69, 9.17) is 5.11 Å². The van der Waals surface area contributed by atoms with Gasteiger partial charge < -0.3 is 10.4 Å². The summed E-state index contributed by atoms with van der Waals surface area (Å²) in [6, 6.07) is 0.357. The molecular weight excluding hydrogens is 242 g/mol. The summed E-state index contributed by atoms with van der Waals surface area (Å²) in [6.45, 7) is 7.02. The van der Waals surface area contributed by atoms with Gasteiger partial charge in [-0.15, -0.1) is 0 Å². The Morgan fingerprint density at radius 3 is 2.74 bits per heavy atom. The summed E-state index contributed by atoms with van der Waals surface area (Å²) in [5, 5.41) is 12.3. The van der Waals surface area contributed by atoms with E-state index in [1.165, 1.54) is 25.4 Å². The van der Waals surface area contributed by atoms with E-state index in [2.05, 4.69) is 36.1 Å². The number of carboxylic acids is 1. The van der Waals surface area contributed by atoms with Gasteiger partial charge in [0.25, 0.3) is 0 Å². The van der Waals surface area contributed by atoms with Crippen LogP contribution >= 0.6 is 0 Å². The van der Waals surface area contributed by atoms with Gasteiger partial charge in [-0.25, -0.2) is 14.8 Å². The van der Waals surface area contributed by atoms with Gasteiger partial charge >= 0.3 is 5.97 Å². The highest BCUT2D eigenvalue weighted by Crippen LogP contribution is 2.09. The standard InChI is InChI=1S/C14H23N3O2/c1-10(2)5-4-6-11(3)16-8-13-12(14(18)19)7-15-9-17-13/h7,9-11,16H,4-6,8H2,1-3H3,(H,18,19). The van der Waals surface area contributed by atoms with Crippen LogP contribution in [0.3, 0.4) is 0 Å². The van der Waals surface area contributed by atoms with Gasteiger partial charge in [-0.3, -0.25) is 0 Å². The van der Waals surface area contributed by atoms with Gasteiger partial charge in [0, 0.05) is 18.8 Å². The molecule has 1 unspecified atom stereocenters. The van der Waals surface area contributed by atoms with Crippen molar-refractivity contribution in [2.45, 2.75) is 52.6 Å². The van der Waals surface area contributed by atoms with Crippen LogP contribution in [0.15, 0.2) is 12.5 Å². The zero-order valence-electron chi connectivity index (χ0n) is 11.9. The van der Waals surface area contributed by atoms with Crippen molar-refractivity contribution in [3.05, 3.63) is 23.8 Å².